The molecule has 0 spiro atoms. The molecule has 8 heteroatoms. The molecule has 0 radical (unpaired) electrons. The highest BCUT2D eigenvalue weighted by molar-refractivity contribution is 5.89. The van der Waals surface area contributed by atoms with Gasteiger partial charge in [-0.05, 0) is 19.4 Å². The van der Waals surface area contributed by atoms with Gasteiger partial charge in [-0.2, -0.15) is 0 Å². The molecule has 4 N–H and O–H groups in total. The second kappa shape index (κ2) is 8.50. The highest BCUT2D eigenvalue weighted by Crippen LogP contribution is 2.32. The van der Waals surface area contributed by atoms with Crippen LogP contribution in [-0.2, 0) is 19.0 Å². The van der Waals surface area contributed by atoms with Crippen LogP contribution in [0, 0.1) is 0 Å². The van der Waals surface area contributed by atoms with Crippen molar-refractivity contribution in [3.63, 3.8) is 0 Å². The van der Waals surface area contributed by atoms with Crippen molar-refractivity contribution in [3.8, 4) is 0 Å². The van der Waals surface area contributed by atoms with Crippen LogP contribution in [0.1, 0.15) is 25.5 Å². The molecule has 0 aromatic heterocycles. The van der Waals surface area contributed by atoms with Gasteiger partial charge in [-0.1, -0.05) is 30.3 Å². The van der Waals surface area contributed by atoms with Gasteiger partial charge in [0, 0.05) is 0 Å². The third-order valence-corrected chi connectivity index (χ3v) is 3.62. The maximum absolute atomic E-state index is 12.2. The van der Waals surface area contributed by atoms with Crippen LogP contribution in [0.25, 0.3) is 0 Å². The van der Waals surface area contributed by atoms with Crippen LogP contribution in [0.5, 0.6) is 0 Å². The van der Waals surface area contributed by atoms with Gasteiger partial charge in [-0.25, -0.2) is 4.79 Å². The van der Waals surface area contributed by atoms with Crippen LogP contribution < -0.4 is 0 Å². The first-order valence-corrected chi connectivity index (χ1v) is 8.18. The number of aliphatic hydroxyl groups excluding tert-OH is 3. The van der Waals surface area contributed by atoms with E-state index in [0.29, 0.717) is 5.56 Å². The summed E-state index contributed by atoms with van der Waals surface area (Å²) in [6, 6.07) is 8.75. The summed E-state index contributed by atoms with van der Waals surface area (Å²) in [4.78, 5) is 12.2. The highest BCUT2D eigenvalue weighted by atomic mass is 16.6. The van der Waals surface area contributed by atoms with E-state index in [1.165, 1.54) is 13.8 Å². The normalized spacial score (nSPS) is 19.9. The second-order valence-corrected chi connectivity index (χ2v) is 6.57. The van der Waals surface area contributed by atoms with E-state index >= 15 is 0 Å². The monoisotopic (exact) mass is 368 g/mol. The Kier molecular flexibility index (Phi) is 6.60. The smallest absolute Gasteiger partial charge is 0.378 e. The van der Waals surface area contributed by atoms with E-state index in [1.54, 1.807) is 30.3 Å². The highest BCUT2D eigenvalue weighted by Gasteiger charge is 2.43. The minimum atomic E-state index is -1.42. The van der Waals surface area contributed by atoms with Gasteiger partial charge < -0.3 is 34.6 Å². The topological polar surface area (TPSA) is 126 Å². The van der Waals surface area contributed by atoms with E-state index in [-0.39, 0.29) is 18.1 Å². The van der Waals surface area contributed by atoms with Crippen molar-refractivity contribution >= 4 is 5.97 Å². The number of rotatable bonds is 9. The molecule has 1 aromatic carbocycles. The Morgan fingerprint density at radius 2 is 1.85 bits per heavy atom. The quantitative estimate of drug-likeness (QED) is 0.449. The van der Waals surface area contributed by atoms with E-state index in [9.17, 15) is 25.2 Å². The zero-order valence-corrected chi connectivity index (χ0v) is 14.7. The summed E-state index contributed by atoms with van der Waals surface area (Å²) >= 11 is 0. The molecule has 0 amide bonds. The molecule has 144 valence electrons. The first-order chi connectivity index (χ1) is 12.3. The van der Waals surface area contributed by atoms with Crippen LogP contribution >= 0.6 is 0 Å². The summed E-state index contributed by atoms with van der Waals surface area (Å²) in [7, 11) is 0. The standard InChI is InChI=1S/C18H24O8/c1-18(2,23)10-24-15-14(12(21)8-19)26-17(22)16(15)25-13(9-20)11-6-4-3-5-7-11/h3-7,12-14,19-21,23H,8-10H2,1-2H3/t12-,13?,14+/m0/s1. The Balaban J connectivity index is 2.32. The molecule has 2 rings (SSSR count). The number of aliphatic hydroxyl groups is 4. The fourth-order valence-corrected chi connectivity index (χ4v) is 2.33. The molecule has 1 aliphatic heterocycles. The van der Waals surface area contributed by atoms with Gasteiger partial charge in [-0.3, -0.25) is 0 Å². The Labute approximate surface area is 151 Å². The summed E-state index contributed by atoms with van der Waals surface area (Å²) < 4.78 is 16.1. The summed E-state index contributed by atoms with van der Waals surface area (Å²) in [6.07, 6.45) is -3.54. The van der Waals surface area contributed by atoms with Crippen molar-refractivity contribution in [1.82, 2.24) is 0 Å². The van der Waals surface area contributed by atoms with Gasteiger partial charge in [0.05, 0.1) is 18.8 Å². The zero-order chi connectivity index (χ0) is 19.3. The Morgan fingerprint density at radius 3 is 2.38 bits per heavy atom. The molecule has 1 heterocycles. The molecule has 0 saturated heterocycles. The fourth-order valence-electron chi connectivity index (χ4n) is 2.33. The molecule has 1 aromatic rings. The van der Waals surface area contributed by atoms with Gasteiger partial charge in [0.2, 0.25) is 5.76 Å². The van der Waals surface area contributed by atoms with Crippen LogP contribution in [-0.4, -0.2) is 64.0 Å². The van der Waals surface area contributed by atoms with Gasteiger partial charge in [0.15, 0.2) is 11.9 Å². The number of hydrogen-bond donors (Lipinski definition) is 4. The molecule has 0 saturated carbocycles. The van der Waals surface area contributed by atoms with Crippen LogP contribution in [0.3, 0.4) is 0 Å². The molecular weight excluding hydrogens is 344 g/mol. The van der Waals surface area contributed by atoms with E-state index in [4.69, 9.17) is 14.2 Å². The SMILES string of the molecule is CC(C)(O)COC1=C(OC(CO)c2ccccc2)C(=O)O[C@@H]1[C@@H](O)CO. The van der Waals surface area contributed by atoms with Crippen molar-refractivity contribution in [2.45, 2.75) is 37.8 Å². The molecule has 8 nitrogen and oxygen atoms in total. The Hall–Kier alpha value is -2.13. The predicted octanol–water partition coefficient (Wildman–Crippen LogP) is 0.0143. The number of hydrogen-bond acceptors (Lipinski definition) is 8. The fraction of sp³-hybridized carbons (Fsp3) is 0.500. The average molecular weight is 368 g/mol. The lowest BCUT2D eigenvalue weighted by molar-refractivity contribution is -0.150. The van der Waals surface area contributed by atoms with Crippen molar-refractivity contribution in [2.75, 3.05) is 19.8 Å². The Morgan fingerprint density at radius 1 is 1.19 bits per heavy atom. The van der Waals surface area contributed by atoms with E-state index in [1.807, 2.05) is 0 Å². The molecule has 0 aliphatic carbocycles. The molecule has 3 atom stereocenters. The van der Waals surface area contributed by atoms with Crippen molar-refractivity contribution < 1.29 is 39.4 Å². The number of esters is 1. The number of carbonyl (C=O) groups excluding carboxylic acids is 1. The molecule has 1 unspecified atom stereocenters. The van der Waals surface area contributed by atoms with Gasteiger partial charge in [0.1, 0.15) is 18.8 Å². The van der Waals surface area contributed by atoms with Crippen molar-refractivity contribution in [2.24, 2.45) is 0 Å². The van der Waals surface area contributed by atoms with Gasteiger partial charge >= 0.3 is 5.97 Å². The summed E-state index contributed by atoms with van der Waals surface area (Å²) in [5.74, 6) is -1.33. The second-order valence-electron chi connectivity index (χ2n) is 6.57. The maximum Gasteiger partial charge on any atom is 0.378 e. The average Bonchev–Trinajstić information content (AvgIpc) is 2.92. The lowest BCUT2D eigenvalue weighted by Crippen LogP contribution is -2.34. The third kappa shape index (κ3) is 4.95. The van der Waals surface area contributed by atoms with Crippen LogP contribution in [0.15, 0.2) is 41.9 Å². The van der Waals surface area contributed by atoms with E-state index in [0.717, 1.165) is 0 Å². The predicted molar refractivity (Wildman–Crippen MR) is 89.6 cm³/mol. The van der Waals surface area contributed by atoms with Crippen molar-refractivity contribution in [3.05, 3.63) is 47.4 Å². The zero-order valence-electron chi connectivity index (χ0n) is 14.7. The van der Waals surface area contributed by atoms with Crippen LogP contribution in [0.2, 0.25) is 0 Å². The number of carbonyl (C=O) groups is 1. The van der Waals surface area contributed by atoms with Crippen molar-refractivity contribution in [1.29, 1.82) is 0 Å². The molecule has 0 fully saturated rings. The molecule has 1 aliphatic rings. The lowest BCUT2D eigenvalue weighted by atomic mass is 10.1. The van der Waals surface area contributed by atoms with Gasteiger partial charge in [0.25, 0.3) is 0 Å². The molecular formula is C18H24O8. The maximum atomic E-state index is 12.2. The largest absolute Gasteiger partial charge is 0.487 e. The van der Waals surface area contributed by atoms with E-state index < -0.39 is 43.1 Å². The first kappa shape index (κ1) is 20.2. The minimum Gasteiger partial charge on any atom is -0.487 e. The number of cyclic esters (lactones) is 1. The summed E-state index contributed by atoms with van der Waals surface area (Å²) in [5, 5.41) is 38.5. The Bertz CT molecular complexity index is 634. The minimum absolute atomic E-state index is 0.131. The summed E-state index contributed by atoms with van der Waals surface area (Å²) in [6.45, 7) is 1.73. The lowest BCUT2D eigenvalue weighted by Gasteiger charge is -2.23. The first-order valence-electron chi connectivity index (χ1n) is 8.18. The number of benzene rings is 1. The molecule has 0 bridgehead atoms. The van der Waals surface area contributed by atoms with Crippen LogP contribution in [0.4, 0.5) is 0 Å². The van der Waals surface area contributed by atoms with Gasteiger partial charge in [-0.15, -0.1) is 0 Å². The van der Waals surface area contributed by atoms with E-state index in [2.05, 4.69) is 0 Å². The summed E-state index contributed by atoms with van der Waals surface area (Å²) in [5.41, 5.74) is -0.586. The third-order valence-electron chi connectivity index (χ3n) is 3.62. The molecule has 26 heavy (non-hydrogen) atoms. The number of ether oxygens (including phenoxy) is 3.